The maximum Gasteiger partial charge on any atom is 0.179 e. The molecular formula is C18H17N5O. The molecule has 0 spiro atoms. The predicted octanol–water partition coefficient (Wildman–Crippen LogP) is 1.89. The first-order valence-corrected chi connectivity index (χ1v) is 8.04. The molecule has 0 N–H and O–H groups in total. The van der Waals surface area contributed by atoms with Crippen LogP contribution in [-0.4, -0.2) is 38.5 Å². The number of hydrogen-bond acceptors (Lipinski definition) is 5. The number of carbonyl (C=O) groups excluding carboxylic acids is 1. The van der Waals surface area contributed by atoms with E-state index in [1.807, 2.05) is 23.7 Å². The van der Waals surface area contributed by atoms with Crippen LogP contribution in [0.15, 0.2) is 36.4 Å². The fraction of sp³-hybridized carbons (Fsp3) is 0.333. The van der Waals surface area contributed by atoms with Crippen LogP contribution in [0.2, 0.25) is 0 Å². The summed E-state index contributed by atoms with van der Waals surface area (Å²) in [4.78, 5) is 18.6. The average molecular weight is 319 g/mol. The molecule has 1 saturated heterocycles. The second kappa shape index (κ2) is 5.60. The van der Waals surface area contributed by atoms with Gasteiger partial charge >= 0.3 is 0 Å². The van der Waals surface area contributed by atoms with Crippen LogP contribution >= 0.6 is 0 Å². The van der Waals surface area contributed by atoms with E-state index >= 15 is 0 Å². The number of likely N-dealkylation sites (tertiary alicyclic amines) is 1. The molecular weight excluding hydrogens is 302 g/mol. The average Bonchev–Trinajstić information content (AvgIpc) is 3.25. The lowest BCUT2D eigenvalue weighted by atomic mass is 9.87. The van der Waals surface area contributed by atoms with E-state index in [9.17, 15) is 10.1 Å². The zero-order valence-corrected chi connectivity index (χ0v) is 13.4. The molecule has 2 aromatic rings. The number of allylic oxidation sites excluding steroid dienone is 1. The minimum atomic E-state index is -0.0898. The molecule has 4 rings (SSSR count). The van der Waals surface area contributed by atoms with E-state index in [0.717, 1.165) is 41.9 Å². The molecule has 6 heteroatoms. The summed E-state index contributed by atoms with van der Waals surface area (Å²) in [5.41, 5.74) is 4.22. The lowest BCUT2D eigenvalue weighted by molar-refractivity contribution is -0.114. The molecule has 1 atom stereocenters. The van der Waals surface area contributed by atoms with E-state index in [0.29, 0.717) is 6.42 Å². The van der Waals surface area contributed by atoms with Crippen LogP contribution < -0.4 is 0 Å². The minimum absolute atomic E-state index is 0.0898. The van der Waals surface area contributed by atoms with Crippen molar-refractivity contribution in [2.75, 3.05) is 13.1 Å². The monoisotopic (exact) mass is 319 g/mol. The number of carbonyl (C=O) groups is 1. The summed E-state index contributed by atoms with van der Waals surface area (Å²) in [7, 11) is 0. The van der Waals surface area contributed by atoms with Gasteiger partial charge in [0.05, 0.1) is 11.7 Å². The van der Waals surface area contributed by atoms with Crippen molar-refractivity contribution < 1.29 is 4.79 Å². The van der Waals surface area contributed by atoms with E-state index in [-0.39, 0.29) is 17.4 Å². The second-order valence-electron chi connectivity index (χ2n) is 6.36. The van der Waals surface area contributed by atoms with Crippen molar-refractivity contribution in [2.24, 2.45) is 0 Å². The molecule has 2 aliphatic rings. The van der Waals surface area contributed by atoms with Gasteiger partial charge < -0.3 is 4.90 Å². The molecule has 0 unspecified atom stereocenters. The molecule has 0 radical (unpaired) electrons. The zero-order valence-electron chi connectivity index (χ0n) is 13.4. The van der Waals surface area contributed by atoms with Gasteiger partial charge in [-0.15, -0.1) is 0 Å². The Morgan fingerprint density at radius 1 is 1.38 bits per heavy atom. The number of nitrogens with zero attached hydrogens (tertiary/aromatic N) is 5. The first kappa shape index (κ1) is 14.6. The van der Waals surface area contributed by atoms with Crippen LogP contribution in [0.1, 0.15) is 29.2 Å². The van der Waals surface area contributed by atoms with E-state index < -0.39 is 0 Å². The molecule has 1 aliphatic heterocycles. The third-order valence-corrected chi connectivity index (χ3v) is 4.79. The van der Waals surface area contributed by atoms with Gasteiger partial charge in [-0.3, -0.25) is 4.79 Å². The first-order valence-electron chi connectivity index (χ1n) is 8.04. The smallest absolute Gasteiger partial charge is 0.179 e. The predicted molar refractivity (Wildman–Crippen MR) is 87.7 cm³/mol. The Bertz CT molecular complexity index is 875. The van der Waals surface area contributed by atoms with Crippen LogP contribution in [0.5, 0.6) is 0 Å². The highest BCUT2D eigenvalue weighted by Crippen LogP contribution is 2.36. The van der Waals surface area contributed by atoms with Crippen LogP contribution in [0.3, 0.4) is 0 Å². The molecule has 24 heavy (non-hydrogen) atoms. The third kappa shape index (κ3) is 2.29. The van der Waals surface area contributed by atoms with Crippen molar-refractivity contribution in [3.05, 3.63) is 53.1 Å². The van der Waals surface area contributed by atoms with Gasteiger partial charge in [-0.2, -0.15) is 10.4 Å². The van der Waals surface area contributed by atoms with Crippen molar-refractivity contribution >= 4 is 11.5 Å². The first-order chi connectivity index (χ1) is 11.7. The quantitative estimate of drug-likeness (QED) is 0.845. The van der Waals surface area contributed by atoms with Gasteiger partial charge in [-0.1, -0.05) is 17.7 Å². The topological polar surface area (TPSA) is 74.8 Å². The Morgan fingerprint density at radius 2 is 2.25 bits per heavy atom. The van der Waals surface area contributed by atoms with Crippen molar-refractivity contribution in [3.8, 4) is 6.07 Å². The SMILES string of the molecule is Cc1ccc2c(c1)C(N1CC[C@@H](n3cncn3)C1)=C(C#N)C(=O)C2. The largest absolute Gasteiger partial charge is 0.368 e. The lowest BCUT2D eigenvalue weighted by Gasteiger charge is -2.28. The summed E-state index contributed by atoms with van der Waals surface area (Å²) in [5, 5.41) is 13.8. The molecule has 1 aromatic heterocycles. The van der Waals surface area contributed by atoms with Gasteiger partial charge in [0.2, 0.25) is 0 Å². The number of rotatable bonds is 2. The van der Waals surface area contributed by atoms with E-state index in [1.54, 1.807) is 6.33 Å². The third-order valence-electron chi connectivity index (χ3n) is 4.79. The molecule has 0 saturated carbocycles. The maximum atomic E-state index is 12.4. The summed E-state index contributed by atoms with van der Waals surface area (Å²) in [6, 6.07) is 8.46. The summed E-state index contributed by atoms with van der Waals surface area (Å²) < 4.78 is 1.86. The van der Waals surface area contributed by atoms with Gasteiger partial charge in [0.15, 0.2) is 5.78 Å². The van der Waals surface area contributed by atoms with Gasteiger partial charge in [0.25, 0.3) is 0 Å². The number of fused-ring (bicyclic) bond motifs is 1. The molecule has 120 valence electrons. The summed E-state index contributed by atoms with van der Waals surface area (Å²) in [6.45, 7) is 3.55. The highest BCUT2D eigenvalue weighted by molar-refractivity contribution is 6.09. The van der Waals surface area contributed by atoms with Gasteiger partial charge in [-0.25, -0.2) is 9.67 Å². The Balaban J connectivity index is 1.76. The number of hydrogen-bond donors (Lipinski definition) is 0. The number of aromatic nitrogens is 3. The number of Topliss-reactive ketones (excluding diaryl/α,β-unsaturated/α-hetero) is 1. The maximum absolute atomic E-state index is 12.4. The number of aryl methyl sites for hydroxylation is 1. The Morgan fingerprint density at radius 3 is 3.00 bits per heavy atom. The minimum Gasteiger partial charge on any atom is -0.368 e. The van der Waals surface area contributed by atoms with E-state index in [1.165, 1.54) is 6.33 Å². The van der Waals surface area contributed by atoms with Crippen LogP contribution in [0, 0.1) is 18.3 Å². The second-order valence-corrected chi connectivity index (χ2v) is 6.36. The van der Waals surface area contributed by atoms with Crippen molar-refractivity contribution in [1.29, 1.82) is 5.26 Å². The van der Waals surface area contributed by atoms with Crippen LogP contribution in [0.25, 0.3) is 5.70 Å². The molecule has 0 amide bonds. The van der Waals surface area contributed by atoms with Crippen molar-refractivity contribution in [1.82, 2.24) is 19.7 Å². The lowest BCUT2D eigenvalue weighted by Crippen LogP contribution is -2.27. The fourth-order valence-electron chi connectivity index (χ4n) is 3.60. The number of ketones is 1. The molecule has 0 bridgehead atoms. The summed E-state index contributed by atoms with van der Waals surface area (Å²) >= 11 is 0. The summed E-state index contributed by atoms with van der Waals surface area (Å²) in [5.74, 6) is -0.0898. The summed E-state index contributed by atoms with van der Waals surface area (Å²) in [6.07, 6.45) is 4.48. The Hall–Kier alpha value is -2.94. The Labute approximate surface area is 140 Å². The van der Waals surface area contributed by atoms with Gasteiger partial charge in [-0.05, 0) is 25.0 Å². The highest BCUT2D eigenvalue weighted by atomic mass is 16.1. The molecule has 1 fully saturated rings. The van der Waals surface area contributed by atoms with Crippen molar-refractivity contribution in [2.45, 2.75) is 25.8 Å². The fourth-order valence-corrected chi connectivity index (χ4v) is 3.60. The normalized spacial score (nSPS) is 20.2. The van der Waals surface area contributed by atoms with E-state index in [4.69, 9.17) is 0 Å². The molecule has 6 nitrogen and oxygen atoms in total. The van der Waals surface area contributed by atoms with Crippen molar-refractivity contribution in [3.63, 3.8) is 0 Å². The highest BCUT2D eigenvalue weighted by Gasteiger charge is 2.33. The van der Waals surface area contributed by atoms with Gasteiger partial charge in [0, 0.05) is 25.1 Å². The van der Waals surface area contributed by atoms with Gasteiger partial charge in [0.1, 0.15) is 24.3 Å². The van der Waals surface area contributed by atoms with E-state index in [2.05, 4.69) is 27.1 Å². The molecule has 1 aromatic carbocycles. The standard InChI is InChI=1S/C18H17N5O/c1-12-2-3-13-7-17(24)16(8-19)18(15(13)6-12)22-5-4-14(9-22)23-11-20-10-21-23/h2-3,6,10-11,14H,4-5,7,9H2,1H3/t14-/m1/s1. The van der Waals surface area contributed by atoms with Crippen LogP contribution in [-0.2, 0) is 11.2 Å². The molecule has 2 heterocycles. The Kier molecular flexibility index (Phi) is 3.42. The molecule has 1 aliphatic carbocycles. The number of nitriles is 1. The zero-order chi connectivity index (χ0) is 16.7. The number of benzene rings is 1. The van der Waals surface area contributed by atoms with Crippen LogP contribution in [0.4, 0.5) is 0 Å².